The Hall–Kier alpha value is -2.48. The smallest absolute Gasteiger partial charge is 0.165 e. The summed E-state index contributed by atoms with van der Waals surface area (Å²) in [4.78, 5) is 4.59. The molecule has 4 rings (SSSR count). The van der Waals surface area contributed by atoms with Crippen molar-refractivity contribution in [3.05, 3.63) is 35.2 Å². The van der Waals surface area contributed by atoms with Gasteiger partial charge in [-0.3, -0.25) is 9.08 Å². The maximum atomic E-state index is 6.06. The zero-order valence-corrected chi connectivity index (χ0v) is 15.0. The topological polar surface area (TPSA) is 82.2 Å². The zero-order chi connectivity index (χ0) is 17.6. The van der Waals surface area contributed by atoms with Crippen LogP contribution < -0.4 is 5.32 Å². The van der Waals surface area contributed by atoms with Crippen LogP contribution >= 0.6 is 0 Å². The van der Waals surface area contributed by atoms with Crippen LogP contribution in [-0.2, 0) is 11.8 Å². The molecule has 0 saturated carbocycles. The molecule has 0 bridgehead atoms. The second-order valence-electron chi connectivity index (χ2n) is 6.68. The molecule has 2 atom stereocenters. The van der Waals surface area contributed by atoms with Crippen molar-refractivity contribution in [1.29, 1.82) is 0 Å². The number of aryl methyl sites for hydroxylation is 3. The lowest BCUT2D eigenvalue weighted by molar-refractivity contribution is 0.0922. The van der Waals surface area contributed by atoms with Gasteiger partial charge in [0, 0.05) is 43.4 Å². The van der Waals surface area contributed by atoms with Crippen molar-refractivity contribution in [3.63, 3.8) is 0 Å². The van der Waals surface area contributed by atoms with Gasteiger partial charge in [0.05, 0.1) is 11.8 Å². The van der Waals surface area contributed by atoms with Gasteiger partial charge < -0.3 is 10.1 Å². The molecule has 1 fully saturated rings. The summed E-state index contributed by atoms with van der Waals surface area (Å²) in [7, 11) is 1.98. The first-order chi connectivity index (χ1) is 12.0. The van der Waals surface area contributed by atoms with Crippen molar-refractivity contribution in [2.75, 3.05) is 18.5 Å². The Balaban J connectivity index is 1.53. The number of hydrogen-bond acceptors (Lipinski definition) is 6. The highest BCUT2D eigenvalue weighted by Crippen LogP contribution is 2.37. The molecule has 3 aromatic heterocycles. The van der Waals surface area contributed by atoms with Crippen LogP contribution in [0.3, 0.4) is 0 Å². The molecule has 1 N–H and O–H groups in total. The van der Waals surface area contributed by atoms with E-state index in [0.29, 0.717) is 5.92 Å². The quantitative estimate of drug-likeness (QED) is 0.781. The molecule has 1 saturated heterocycles. The number of rotatable bonds is 4. The lowest BCUT2D eigenvalue weighted by Gasteiger charge is -2.20. The van der Waals surface area contributed by atoms with E-state index in [4.69, 9.17) is 4.74 Å². The third-order valence-electron chi connectivity index (χ3n) is 5.08. The molecule has 1 aliphatic heterocycles. The number of fused-ring (bicyclic) bond motifs is 1. The Morgan fingerprint density at radius 3 is 2.92 bits per heavy atom. The van der Waals surface area contributed by atoms with Crippen LogP contribution in [0, 0.1) is 26.7 Å². The van der Waals surface area contributed by atoms with Gasteiger partial charge in [0.15, 0.2) is 5.65 Å². The Morgan fingerprint density at radius 2 is 2.16 bits per heavy atom. The van der Waals surface area contributed by atoms with Crippen LogP contribution in [0.25, 0.3) is 5.65 Å². The molecule has 8 nitrogen and oxygen atoms in total. The minimum absolute atomic E-state index is 0.0825. The Morgan fingerprint density at radius 1 is 1.32 bits per heavy atom. The summed E-state index contributed by atoms with van der Waals surface area (Å²) in [6.07, 6.45) is 2.78. The predicted molar refractivity (Wildman–Crippen MR) is 93.5 cm³/mol. The van der Waals surface area contributed by atoms with Crippen LogP contribution in [0.2, 0.25) is 0 Å². The fourth-order valence-electron chi connectivity index (χ4n) is 3.66. The molecule has 8 heteroatoms. The van der Waals surface area contributed by atoms with Crippen LogP contribution in [-0.4, -0.2) is 42.5 Å². The molecule has 0 radical (unpaired) electrons. The number of anilines is 1. The molecule has 25 heavy (non-hydrogen) atoms. The number of hydrogen-bond donors (Lipinski definition) is 1. The summed E-state index contributed by atoms with van der Waals surface area (Å²) in [5.41, 5.74) is 4.25. The van der Waals surface area contributed by atoms with E-state index in [1.807, 2.05) is 29.1 Å². The minimum Gasteiger partial charge on any atom is -0.373 e. The van der Waals surface area contributed by atoms with Gasteiger partial charge >= 0.3 is 0 Å². The maximum Gasteiger partial charge on any atom is 0.165 e. The van der Waals surface area contributed by atoms with Crippen molar-refractivity contribution < 1.29 is 4.74 Å². The van der Waals surface area contributed by atoms with Gasteiger partial charge in [0.1, 0.15) is 18.0 Å². The van der Waals surface area contributed by atoms with Gasteiger partial charge in [-0.05, 0) is 27.2 Å². The van der Waals surface area contributed by atoms with Crippen LogP contribution in [0.1, 0.15) is 35.3 Å². The minimum atomic E-state index is 0.0825. The van der Waals surface area contributed by atoms with Gasteiger partial charge in [-0.25, -0.2) is 4.98 Å². The largest absolute Gasteiger partial charge is 0.373 e. The Kier molecular flexibility index (Phi) is 3.91. The first-order valence-corrected chi connectivity index (χ1v) is 8.57. The van der Waals surface area contributed by atoms with E-state index in [1.54, 1.807) is 6.33 Å². The summed E-state index contributed by atoms with van der Waals surface area (Å²) >= 11 is 0. The zero-order valence-electron chi connectivity index (χ0n) is 15.0. The van der Waals surface area contributed by atoms with Crippen molar-refractivity contribution in [3.8, 4) is 0 Å². The average Bonchev–Trinajstić information content (AvgIpc) is 3.26. The second kappa shape index (κ2) is 6.11. The average molecular weight is 341 g/mol. The number of aromatic nitrogens is 6. The second-order valence-corrected chi connectivity index (χ2v) is 6.68. The van der Waals surface area contributed by atoms with Gasteiger partial charge in [-0.1, -0.05) is 0 Å². The molecular weight excluding hydrogens is 318 g/mol. The van der Waals surface area contributed by atoms with E-state index < -0.39 is 0 Å². The van der Waals surface area contributed by atoms with Crippen molar-refractivity contribution in [2.45, 2.75) is 33.3 Å². The first-order valence-electron chi connectivity index (χ1n) is 8.57. The van der Waals surface area contributed by atoms with Crippen molar-refractivity contribution >= 4 is 11.5 Å². The summed E-state index contributed by atoms with van der Waals surface area (Å²) in [6, 6.07) is 1.92. The summed E-state index contributed by atoms with van der Waals surface area (Å²) in [5, 5.41) is 16.0. The number of ether oxygens (including phenoxy) is 1. The molecule has 0 aromatic carbocycles. The molecule has 3 aromatic rings. The van der Waals surface area contributed by atoms with Gasteiger partial charge in [0.25, 0.3) is 0 Å². The highest BCUT2D eigenvalue weighted by atomic mass is 16.5. The van der Waals surface area contributed by atoms with Crippen LogP contribution in [0.5, 0.6) is 0 Å². The summed E-state index contributed by atoms with van der Waals surface area (Å²) in [6.45, 7) is 7.69. The predicted octanol–water partition coefficient (Wildman–Crippen LogP) is 1.97. The lowest BCUT2D eigenvalue weighted by Crippen LogP contribution is -2.19. The van der Waals surface area contributed by atoms with E-state index >= 15 is 0 Å². The maximum absolute atomic E-state index is 6.06. The summed E-state index contributed by atoms with van der Waals surface area (Å²) in [5.74, 6) is 2.07. The van der Waals surface area contributed by atoms with E-state index in [0.717, 1.165) is 42.6 Å². The number of nitrogens with one attached hydrogen (secondary N) is 1. The van der Waals surface area contributed by atoms with Crippen molar-refractivity contribution in [1.82, 2.24) is 29.4 Å². The molecule has 0 amide bonds. The van der Waals surface area contributed by atoms with E-state index in [1.165, 1.54) is 11.3 Å². The standard InChI is InChI=1S/C17H23N7O/c1-10-16(11(2)23(4)22-10)17-13(5-6-25-17)8-18-14-7-15-21-19-9-24(15)12(3)20-14/h7,9,13,17-18H,5-6,8H2,1-4H3/t13-,17+/m1/s1. The van der Waals surface area contributed by atoms with Gasteiger partial charge in [0.2, 0.25) is 0 Å². The fourth-order valence-corrected chi connectivity index (χ4v) is 3.66. The molecule has 0 unspecified atom stereocenters. The highest BCUT2D eigenvalue weighted by molar-refractivity contribution is 5.49. The monoisotopic (exact) mass is 341 g/mol. The number of nitrogens with zero attached hydrogens (tertiary/aromatic N) is 6. The van der Waals surface area contributed by atoms with Crippen molar-refractivity contribution in [2.24, 2.45) is 13.0 Å². The van der Waals surface area contributed by atoms with E-state index in [2.05, 4.69) is 39.4 Å². The van der Waals surface area contributed by atoms with Crippen LogP contribution in [0.4, 0.5) is 5.82 Å². The third-order valence-corrected chi connectivity index (χ3v) is 5.08. The highest BCUT2D eigenvalue weighted by Gasteiger charge is 2.33. The normalized spacial score (nSPS) is 20.5. The van der Waals surface area contributed by atoms with E-state index in [9.17, 15) is 0 Å². The Labute approximate surface area is 146 Å². The SMILES string of the molecule is Cc1nn(C)c(C)c1[C@H]1OCC[C@@H]1CNc1cc2nncn2c(C)n1. The molecule has 132 valence electrons. The van der Waals surface area contributed by atoms with Gasteiger partial charge in [-0.2, -0.15) is 5.10 Å². The molecular formula is C17H23N7O. The molecule has 0 aliphatic carbocycles. The molecule has 0 spiro atoms. The molecule has 1 aliphatic rings. The van der Waals surface area contributed by atoms with Gasteiger partial charge in [-0.15, -0.1) is 10.2 Å². The third kappa shape index (κ3) is 2.76. The first kappa shape index (κ1) is 16.0. The fraction of sp³-hybridized carbons (Fsp3) is 0.529. The van der Waals surface area contributed by atoms with Crippen LogP contribution in [0.15, 0.2) is 12.4 Å². The Bertz CT molecular complexity index is 913. The van der Waals surface area contributed by atoms with E-state index in [-0.39, 0.29) is 6.10 Å². The lowest BCUT2D eigenvalue weighted by atomic mass is 9.94. The molecule has 4 heterocycles. The summed E-state index contributed by atoms with van der Waals surface area (Å²) < 4.78 is 9.86.